The number of hydrogen-bond acceptors (Lipinski definition) is 3. The number of nitrogens with zero attached hydrogens (tertiary/aromatic N) is 3. The standard InChI is InChI=1S/C15H11ClN4/c16-10-4-3-5-11(18)15(10)20-13-7-2-1-6-12(13)19-14(20)8-9-17/h1-7H,8,18H2. The van der Waals surface area contributed by atoms with Gasteiger partial charge < -0.3 is 5.73 Å². The molecular weight excluding hydrogens is 272 g/mol. The third-order valence-corrected chi connectivity index (χ3v) is 3.41. The topological polar surface area (TPSA) is 67.6 Å². The summed E-state index contributed by atoms with van der Waals surface area (Å²) < 4.78 is 1.86. The maximum atomic E-state index is 8.99. The monoisotopic (exact) mass is 282 g/mol. The molecule has 0 radical (unpaired) electrons. The molecule has 3 aromatic rings. The van der Waals surface area contributed by atoms with Crippen LogP contribution in [0.15, 0.2) is 42.5 Å². The summed E-state index contributed by atoms with van der Waals surface area (Å²) >= 11 is 6.28. The number of halogens is 1. The second-order valence-electron chi connectivity index (χ2n) is 4.36. The summed E-state index contributed by atoms with van der Waals surface area (Å²) in [5.41, 5.74) is 8.99. The Hall–Kier alpha value is -2.51. The van der Waals surface area contributed by atoms with E-state index in [9.17, 15) is 0 Å². The first-order valence-corrected chi connectivity index (χ1v) is 6.48. The fourth-order valence-corrected chi connectivity index (χ4v) is 2.55. The Morgan fingerprint density at radius 3 is 2.75 bits per heavy atom. The van der Waals surface area contributed by atoms with Crippen LogP contribution < -0.4 is 5.73 Å². The van der Waals surface area contributed by atoms with E-state index >= 15 is 0 Å². The lowest BCUT2D eigenvalue weighted by Gasteiger charge is -2.12. The molecule has 1 heterocycles. The maximum absolute atomic E-state index is 8.99. The molecule has 0 aliphatic heterocycles. The van der Waals surface area contributed by atoms with Crippen molar-refractivity contribution < 1.29 is 0 Å². The zero-order valence-corrected chi connectivity index (χ0v) is 11.3. The van der Waals surface area contributed by atoms with Crippen molar-refractivity contribution in [2.45, 2.75) is 6.42 Å². The molecule has 0 saturated heterocycles. The van der Waals surface area contributed by atoms with Crippen LogP contribution in [0, 0.1) is 11.3 Å². The van der Waals surface area contributed by atoms with E-state index in [4.69, 9.17) is 22.6 Å². The number of rotatable bonds is 2. The Morgan fingerprint density at radius 1 is 1.20 bits per heavy atom. The van der Waals surface area contributed by atoms with Crippen LogP contribution in [-0.2, 0) is 6.42 Å². The lowest BCUT2D eigenvalue weighted by molar-refractivity contribution is 0.956. The van der Waals surface area contributed by atoms with E-state index < -0.39 is 0 Å². The lowest BCUT2D eigenvalue weighted by atomic mass is 10.2. The number of hydrogen-bond donors (Lipinski definition) is 1. The van der Waals surface area contributed by atoms with Gasteiger partial charge in [-0.15, -0.1) is 0 Å². The summed E-state index contributed by atoms with van der Waals surface area (Å²) in [5, 5.41) is 9.52. The molecule has 0 bridgehead atoms. The number of aromatic nitrogens is 2. The first-order valence-electron chi connectivity index (χ1n) is 6.10. The minimum Gasteiger partial charge on any atom is -0.397 e. The molecule has 1 aromatic heterocycles. The SMILES string of the molecule is N#CCc1nc2ccccc2n1-c1c(N)cccc1Cl. The zero-order valence-electron chi connectivity index (χ0n) is 10.5. The maximum Gasteiger partial charge on any atom is 0.128 e. The number of nitrogen functional groups attached to an aromatic ring is 1. The minimum absolute atomic E-state index is 0.194. The number of para-hydroxylation sites is 3. The molecule has 0 aliphatic carbocycles. The Morgan fingerprint density at radius 2 is 2.00 bits per heavy atom. The fourth-order valence-electron chi connectivity index (χ4n) is 2.28. The van der Waals surface area contributed by atoms with Gasteiger partial charge in [-0.1, -0.05) is 29.8 Å². The van der Waals surface area contributed by atoms with Gasteiger partial charge >= 0.3 is 0 Å². The number of nitrogens with two attached hydrogens (primary N) is 1. The summed E-state index contributed by atoms with van der Waals surface area (Å²) in [5.74, 6) is 0.633. The first kappa shape index (κ1) is 12.5. The molecule has 0 aliphatic rings. The van der Waals surface area contributed by atoms with E-state index in [0.717, 1.165) is 11.0 Å². The zero-order chi connectivity index (χ0) is 14.1. The fraction of sp³-hybridized carbons (Fsp3) is 0.0667. The summed E-state index contributed by atoms with van der Waals surface area (Å²) in [6.07, 6.45) is 0.194. The summed E-state index contributed by atoms with van der Waals surface area (Å²) in [4.78, 5) is 4.49. The molecule has 5 heteroatoms. The first-order chi connectivity index (χ1) is 9.72. The molecule has 0 fully saturated rings. The summed E-state index contributed by atoms with van der Waals surface area (Å²) in [7, 11) is 0. The minimum atomic E-state index is 0.194. The second-order valence-corrected chi connectivity index (χ2v) is 4.77. The summed E-state index contributed by atoms with van der Waals surface area (Å²) in [6.45, 7) is 0. The van der Waals surface area contributed by atoms with Gasteiger partial charge in [0, 0.05) is 0 Å². The predicted octanol–water partition coefficient (Wildman–Crippen LogP) is 3.33. The third kappa shape index (κ3) is 1.89. The molecule has 0 spiro atoms. The van der Waals surface area contributed by atoms with Crippen LogP contribution >= 0.6 is 11.6 Å². The van der Waals surface area contributed by atoms with Crippen LogP contribution in [0.3, 0.4) is 0 Å². The van der Waals surface area contributed by atoms with Crippen LogP contribution in [0.4, 0.5) is 5.69 Å². The quantitative estimate of drug-likeness (QED) is 0.733. The van der Waals surface area contributed by atoms with E-state index in [1.165, 1.54) is 0 Å². The highest BCUT2D eigenvalue weighted by atomic mass is 35.5. The lowest BCUT2D eigenvalue weighted by Crippen LogP contribution is -2.05. The van der Waals surface area contributed by atoms with Gasteiger partial charge in [-0.05, 0) is 24.3 Å². The Balaban J connectivity index is 2.40. The van der Waals surface area contributed by atoms with Gasteiger partial charge in [0.05, 0.1) is 39.9 Å². The number of benzene rings is 2. The van der Waals surface area contributed by atoms with Crippen molar-refractivity contribution in [1.29, 1.82) is 5.26 Å². The number of anilines is 1. The summed E-state index contributed by atoms with van der Waals surface area (Å²) in [6, 6.07) is 15.2. The number of imidazole rings is 1. The normalized spacial score (nSPS) is 10.6. The largest absolute Gasteiger partial charge is 0.397 e. The number of fused-ring (bicyclic) bond motifs is 1. The molecular formula is C15H11ClN4. The molecule has 0 saturated carbocycles. The molecule has 4 nitrogen and oxygen atoms in total. The van der Waals surface area contributed by atoms with Crippen LogP contribution in [0.25, 0.3) is 16.7 Å². The van der Waals surface area contributed by atoms with Crippen LogP contribution in [0.2, 0.25) is 5.02 Å². The van der Waals surface area contributed by atoms with Crippen molar-refractivity contribution in [3.8, 4) is 11.8 Å². The van der Waals surface area contributed by atoms with Crippen molar-refractivity contribution in [2.75, 3.05) is 5.73 Å². The molecule has 0 amide bonds. The van der Waals surface area contributed by atoms with Crippen LogP contribution in [-0.4, -0.2) is 9.55 Å². The average molecular weight is 283 g/mol. The van der Waals surface area contributed by atoms with Crippen LogP contribution in [0.1, 0.15) is 5.82 Å². The second kappa shape index (κ2) is 4.87. The van der Waals surface area contributed by atoms with Crippen molar-refractivity contribution in [1.82, 2.24) is 9.55 Å². The van der Waals surface area contributed by atoms with Gasteiger partial charge in [0.15, 0.2) is 0 Å². The Bertz CT molecular complexity index is 809. The van der Waals surface area contributed by atoms with Gasteiger partial charge in [0.1, 0.15) is 5.82 Å². The molecule has 20 heavy (non-hydrogen) atoms. The molecule has 0 atom stereocenters. The average Bonchev–Trinajstić information content (AvgIpc) is 2.78. The van der Waals surface area contributed by atoms with Crippen molar-refractivity contribution >= 4 is 28.3 Å². The van der Waals surface area contributed by atoms with E-state index in [1.807, 2.05) is 28.8 Å². The van der Waals surface area contributed by atoms with E-state index in [0.29, 0.717) is 22.2 Å². The van der Waals surface area contributed by atoms with E-state index in [-0.39, 0.29) is 6.42 Å². The number of nitriles is 1. The van der Waals surface area contributed by atoms with E-state index in [1.54, 1.807) is 18.2 Å². The van der Waals surface area contributed by atoms with Gasteiger partial charge in [-0.3, -0.25) is 4.57 Å². The molecule has 2 N–H and O–H groups in total. The molecule has 3 rings (SSSR count). The van der Waals surface area contributed by atoms with Crippen molar-refractivity contribution in [3.63, 3.8) is 0 Å². The smallest absolute Gasteiger partial charge is 0.128 e. The van der Waals surface area contributed by atoms with Gasteiger partial charge in [-0.25, -0.2) is 4.98 Å². The molecule has 98 valence electrons. The van der Waals surface area contributed by atoms with Crippen molar-refractivity contribution in [2.24, 2.45) is 0 Å². The Labute approximate surface area is 121 Å². The van der Waals surface area contributed by atoms with Gasteiger partial charge in [0.2, 0.25) is 0 Å². The molecule has 2 aromatic carbocycles. The predicted molar refractivity (Wildman–Crippen MR) is 79.8 cm³/mol. The highest BCUT2D eigenvalue weighted by Crippen LogP contribution is 2.31. The van der Waals surface area contributed by atoms with Gasteiger partial charge in [-0.2, -0.15) is 5.26 Å². The molecule has 0 unspecified atom stereocenters. The van der Waals surface area contributed by atoms with Gasteiger partial charge in [0.25, 0.3) is 0 Å². The third-order valence-electron chi connectivity index (χ3n) is 3.11. The van der Waals surface area contributed by atoms with Crippen molar-refractivity contribution in [3.05, 3.63) is 53.3 Å². The Kier molecular flexibility index (Phi) is 3.05. The highest BCUT2D eigenvalue weighted by molar-refractivity contribution is 6.33. The van der Waals surface area contributed by atoms with E-state index in [2.05, 4.69) is 11.1 Å². The highest BCUT2D eigenvalue weighted by Gasteiger charge is 2.16. The van der Waals surface area contributed by atoms with Crippen LogP contribution in [0.5, 0.6) is 0 Å².